The molecule has 0 unspecified atom stereocenters. The summed E-state index contributed by atoms with van der Waals surface area (Å²) in [7, 11) is 0. The molecule has 104 valence electrons. The molecule has 19 heavy (non-hydrogen) atoms. The van der Waals surface area contributed by atoms with Crippen LogP contribution in [0.3, 0.4) is 0 Å². The summed E-state index contributed by atoms with van der Waals surface area (Å²) < 4.78 is 0. The Morgan fingerprint density at radius 2 is 1.89 bits per heavy atom. The van der Waals surface area contributed by atoms with E-state index in [1.54, 1.807) is 0 Å². The molecule has 1 aliphatic heterocycles. The van der Waals surface area contributed by atoms with Gasteiger partial charge in [0.1, 0.15) is 0 Å². The lowest BCUT2D eigenvalue weighted by molar-refractivity contribution is 0.507. The Balaban J connectivity index is 2.27. The van der Waals surface area contributed by atoms with Crippen molar-refractivity contribution in [3.05, 3.63) is 29.8 Å². The maximum atomic E-state index is 4.80. The van der Waals surface area contributed by atoms with Crippen LogP contribution in [0.2, 0.25) is 0 Å². The van der Waals surface area contributed by atoms with Gasteiger partial charge >= 0.3 is 0 Å². The van der Waals surface area contributed by atoms with E-state index in [2.05, 4.69) is 64.2 Å². The van der Waals surface area contributed by atoms with Crippen LogP contribution >= 0.6 is 11.8 Å². The first-order chi connectivity index (χ1) is 8.78. The summed E-state index contributed by atoms with van der Waals surface area (Å²) in [6.45, 7) is 11.1. The minimum absolute atomic E-state index is 0.0598. The second kappa shape index (κ2) is 5.20. The van der Waals surface area contributed by atoms with Gasteiger partial charge in [-0.25, -0.2) is 0 Å². The van der Waals surface area contributed by atoms with E-state index >= 15 is 0 Å². The number of nitrogens with zero attached hydrogens (tertiary/aromatic N) is 1. The lowest BCUT2D eigenvalue weighted by Gasteiger charge is -2.28. The number of rotatable bonds is 1. The third-order valence-electron chi connectivity index (χ3n) is 3.33. The second-order valence-corrected chi connectivity index (χ2v) is 7.83. The number of anilines is 1. The number of hydrogen-bond donors (Lipinski definition) is 1. The molecule has 0 aliphatic carbocycles. The largest absolute Gasteiger partial charge is 0.335 e. The molecule has 0 amide bonds. The van der Waals surface area contributed by atoms with Crippen molar-refractivity contribution in [2.75, 3.05) is 11.1 Å². The maximum absolute atomic E-state index is 4.80. The Bertz CT molecular complexity index is 484. The van der Waals surface area contributed by atoms with Crippen molar-refractivity contribution >= 4 is 22.6 Å². The highest BCUT2D eigenvalue weighted by molar-refractivity contribution is 8.14. The molecule has 0 saturated carbocycles. The molecular weight excluding hydrogens is 252 g/mol. The highest BCUT2D eigenvalue weighted by atomic mass is 32.2. The molecule has 1 N–H and O–H groups in total. The van der Waals surface area contributed by atoms with Gasteiger partial charge in [-0.05, 0) is 37.3 Å². The molecule has 0 spiro atoms. The molecule has 0 radical (unpaired) electrons. The highest BCUT2D eigenvalue weighted by Crippen LogP contribution is 2.32. The predicted octanol–water partition coefficient (Wildman–Crippen LogP) is 4.67. The number of thioether (sulfide) groups is 1. The fourth-order valence-electron chi connectivity index (χ4n) is 2.19. The van der Waals surface area contributed by atoms with Crippen molar-refractivity contribution < 1.29 is 0 Å². The number of hydrogen-bond acceptors (Lipinski definition) is 3. The average molecular weight is 276 g/mol. The number of nitrogens with one attached hydrogen (secondary N) is 1. The molecule has 2 rings (SSSR count). The first-order valence-electron chi connectivity index (χ1n) is 6.87. The maximum Gasteiger partial charge on any atom is 0.161 e. The van der Waals surface area contributed by atoms with Crippen LogP contribution in [0.25, 0.3) is 0 Å². The van der Waals surface area contributed by atoms with Gasteiger partial charge in [0.2, 0.25) is 0 Å². The number of aliphatic imine (C=N–C) groups is 1. The van der Waals surface area contributed by atoms with Crippen LogP contribution in [-0.4, -0.2) is 16.5 Å². The first-order valence-corrected chi connectivity index (χ1v) is 7.86. The molecule has 0 aromatic heterocycles. The lowest BCUT2D eigenvalue weighted by Crippen LogP contribution is -2.28. The fourth-order valence-corrected chi connectivity index (χ4v) is 3.47. The summed E-state index contributed by atoms with van der Waals surface area (Å²) in [6.07, 6.45) is 1.14. The zero-order valence-corrected chi connectivity index (χ0v) is 13.4. The molecular formula is C16H24N2S. The predicted molar refractivity (Wildman–Crippen MR) is 87.4 cm³/mol. The molecule has 1 aromatic rings. The SMILES string of the molecule is CC1(C)CCSC(Nc2ccccc2C(C)(C)C)=N1. The minimum atomic E-state index is 0.0598. The standard InChI is InChI=1S/C16H24N2S/c1-15(2,3)12-8-6-7-9-13(12)17-14-18-16(4,5)10-11-19-14/h6-9H,10-11H2,1-5H3,(H,17,18). The van der Waals surface area contributed by atoms with Gasteiger partial charge in [0.25, 0.3) is 0 Å². The van der Waals surface area contributed by atoms with Crippen molar-refractivity contribution in [3.8, 4) is 0 Å². The fraction of sp³-hybridized carbons (Fsp3) is 0.562. The Kier molecular flexibility index (Phi) is 3.95. The normalized spacial score (nSPS) is 18.9. The van der Waals surface area contributed by atoms with Gasteiger partial charge in [-0.3, -0.25) is 4.99 Å². The van der Waals surface area contributed by atoms with Gasteiger partial charge in [0.15, 0.2) is 5.17 Å². The Labute approximate surface area is 121 Å². The second-order valence-electron chi connectivity index (χ2n) is 6.75. The Morgan fingerprint density at radius 3 is 2.53 bits per heavy atom. The van der Waals surface area contributed by atoms with Crippen LogP contribution in [0.5, 0.6) is 0 Å². The van der Waals surface area contributed by atoms with Gasteiger partial charge in [0, 0.05) is 11.4 Å². The molecule has 0 atom stereocenters. The minimum Gasteiger partial charge on any atom is -0.335 e. The summed E-state index contributed by atoms with van der Waals surface area (Å²) in [6, 6.07) is 8.52. The van der Waals surface area contributed by atoms with Crippen molar-refractivity contribution in [3.63, 3.8) is 0 Å². The summed E-state index contributed by atoms with van der Waals surface area (Å²) >= 11 is 1.82. The van der Waals surface area contributed by atoms with Gasteiger partial charge in [0.05, 0.1) is 5.54 Å². The first kappa shape index (κ1) is 14.4. The summed E-state index contributed by atoms with van der Waals surface area (Å²) in [5, 5.41) is 4.57. The van der Waals surface area contributed by atoms with Gasteiger partial charge in [-0.2, -0.15) is 0 Å². The van der Waals surface area contributed by atoms with Crippen molar-refractivity contribution in [2.24, 2.45) is 4.99 Å². The molecule has 1 heterocycles. The zero-order chi connectivity index (χ0) is 14.1. The molecule has 0 fully saturated rings. The average Bonchev–Trinajstić information content (AvgIpc) is 2.26. The van der Waals surface area contributed by atoms with Gasteiger partial charge in [-0.1, -0.05) is 50.7 Å². The van der Waals surface area contributed by atoms with Crippen molar-refractivity contribution in [1.82, 2.24) is 0 Å². The lowest BCUT2D eigenvalue weighted by atomic mass is 9.86. The van der Waals surface area contributed by atoms with E-state index in [9.17, 15) is 0 Å². The molecule has 3 heteroatoms. The molecule has 0 saturated heterocycles. The summed E-state index contributed by atoms with van der Waals surface area (Å²) in [4.78, 5) is 4.80. The van der Waals surface area contributed by atoms with E-state index in [4.69, 9.17) is 4.99 Å². The number of benzene rings is 1. The van der Waals surface area contributed by atoms with Crippen LogP contribution in [0, 0.1) is 0 Å². The van der Waals surface area contributed by atoms with Crippen LogP contribution in [-0.2, 0) is 5.41 Å². The van der Waals surface area contributed by atoms with E-state index < -0.39 is 0 Å². The van der Waals surface area contributed by atoms with Crippen molar-refractivity contribution in [1.29, 1.82) is 0 Å². The van der Waals surface area contributed by atoms with Gasteiger partial charge in [-0.15, -0.1) is 0 Å². The Morgan fingerprint density at radius 1 is 1.21 bits per heavy atom. The van der Waals surface area contributed by atoms with E-state index in [1.165, 1.54) is 11.3 Å². The monoisotopic (exact) mass is 276 g/mol. The Hall–Kier alpha value is -0.960. The summed E-state index contributed by atoms with van der Waals surface area (Å²) in [5.41, 5.74) is 2.71. The third kappa shape index (κ3) is 3.75. The molecule has 1 aromatic carbocycles. The van der Waals surface area contributed by atoms with Crippen LogP contribution in [0.4, 0.5) is 5.69 Å². The topological polar surface area (TPSA) is 24.4 Å². The summed E-state index contributed by atoms with van der Waals surface area (Å²) in [5.74, 6) is 1.14. The highest BCUT2D eigenvalue weighted by Gasteiger charge is 2.24. The van der Waals surface area contributed by atoms with Gasteiger partial charge < -0.3 is 5.32 Å². The zero-order valence-electron chi connectivity index (χ0n) is 12.6. The third-order valence-corrected chi connectivity index (χ3v) is 4.21. The van der Waals surface area contributed by atoms with E-state index in [1.807, 2.05) is 11.8 Å². The quantitative estimate of drug-likeness (QED) is 0.806. The van der Waals surface area contributed by atoms with E-state index in [0.29, 0.717) is 0 Å². The van der Waals surface area contributed by atoms with Crippen molar-refractivity contribution in [2.45, 2.75) is 52.0 Å². The van der Waals surface area contributed by atoms with E-state index in [-0.39, 0.29) is 11.0 Å². The van der Waals surface area contributed by atoms with Crippen LogP contribution in [0.15, 0.2) is 29.3 Å². The number of para-hydroxylation sites is 1. The number of amidine groups is 1. The molecule has 0 bridgehead atoms. The molecule has 2 nitrogen and oxygen atoms in total. The van der Waals surface area contributed by atoms with Crippen LogP contribution in [0.1, 0.15) is 46.6 Å². The molecule has 1 aliphatic rings. The smallest absolute Gasteiger partial charge is 0.161 e. The van der Waals surface area contributed by atoms with Crippen LogP contribution < -0.4 is 5.32 Å². The van der Waals surface area contributed by atoms with E-state index in [0.717, 1.165) is 17.3 Å².